The highest BCUT2D eigenvalue weighted by Crippen LogP contribution is 2.28. The van der Waals surface area contributed by atoms with Crippen LogP contribution in [0.4, 0.5) is 0 Å². The highest BCUT2D eigenvalue weighted by atomic mass is 35.5. The Hall–Kier alpha value is -1.26. The van der Waals surface area contributed by atoms with Crippen LogP contribution in [0.3, 0.4) is 0 Å². The van der Waals surface area contributed by atoms with Gasteiger partial charge in [0.1, 0.15) is 11.9 Å². The number of nitrogens with one attached hydrogen (secondary N) is 1. The molecule has 0 saturated heterocycles. The number of carbonyl (C=O) groups is 2. The first-order valence-electron chi connectivity index (χ1n) is 10.2. The third-order valence-corrected chi connectivity index (χ3v) is 6.05. The van der Waals surface area contributed by atoms with Gasteiger partial charge in [-0.05, 0) is 48.8 Å². The lowest BCUT2D eigenvalue weighted by molar-refractivity contribution is -0.139. The molecule has 3 atom stereocenters. The zero-order valence-electron chi connectivity index (χ0n) is 17.1. The minimum absolute atomic E-state index is 0.136. The van der Waals surface area contributed by atoms with Gasteiger partial charge >= 0.3 is 0 Å². The number of carbonyl (C=O) groups excluding carboxylic acids is 2. The zero-order chi connectivity index (χ0) is 20.7. The van der Waals surface area contributed by atoms with Crippen molar-refractivity contribution in [3.63, 3.8) is 0 Å². The standard InChI is InChI=1S/C22H32Cl2N2O2/c1-15(2)12-13-26(20(27)14-23)21(17-8-10-18(24)11-9-17)22(28)25-19-7-5-4-6-16(19)3/h8-11,15-16,19,21H,4-7,12-14H2,1-3H3,(H,25,28)/t16-,19+,21-/m0/s1. The van der Waals surface area contributed by atoms with Gasteiger partial charge in [-0.15, -0.1) is 11.6 Å². The second-order valence-electron chi connectivity index (χ2n) is 8.23. The molecule has 156 valence electrons. The van der Waals surface area contributed by atoms with Crippen LogP contribution in [-0.4, -0.2) is 35.2 Å². The smallest absolute Gasteiger partial charge is 0.247 e. The van der Waals surface area contributed by atoms with Crippen LogP contribution in [0.1, 0.15) is 64.5 Å². The molecule has 0 radical (unpaired) electrons. The topological polar surface area (TPSA) is 49.4 Å². The van der Waals surface area contributed by atoms with Gasteiger partial charge < -0.3 is 10.2 Å². The summed E-state index contributed by atoms with van der Waals surface area (Å²) in [5.41, 5.74) is 0.757. The summed E-state index contributed by atoms with van der Waals surface area (Å²) in [5.74, 6) is 0.349. The largest absolute Gasteiger partial charge is 0.351 e. The number of halogens is 2. The van der Waals surface area contributed by atoms with Crippen molar-refractivity contribution < 1.29 is 9.59 Å². The summed E-state index contributed by atoms with van der Waals surface area (Å²) in [6, 6.07) is 6.60. The maximum atomic E-state index is 13.4. The van der Waals surface area contributed by atoms with Gasteiger partial charge in [-0.1, -0.05) is 57.3 Å². The Kier molecular flexibility index (Phi) is 9.10. The number of alkyl halides is 1. The lowest BCUT2D eigenvalue weighted by atomic mass is 9.85. The van der Waals surface area contributed by atoms with Crippen LogP contribution in [0.15, 0.2) is 24.3 Å². The van der Waals surface area contributed by atoms with Crippen LogP contribution in [-0.2, 0) is 9.59 Å². The molecule has 0 aliphatic heterocycles. The van der Waals surface area contributed by atoms with Gasteiger partial charge in [0.2, 0.25) is 11.8 Å². The molecular weight excluding hydrogens is 395 g/mol. The van der Waals surface area contributed by atoms with Crippen LogP contribution in [0.2, 0.25) is 5.02 Å². The molecule has 0 spiro atoms. The molecule has 1 fully saturated rings. The number of amides is 2. The Bertz CT molecular complexity index is 648. The molecule has 0 heterocycles. The summed E-state index contributed by atoms with van der Waals surface area (Å²) in [4.78, 5) is 27.6. The maximum absolute atomic E-state index is 13.4. The highest BCUT2D eigenvalue weighted by Gasteiger charge is 2.33. The molecule has 1 saturated carbocycles. The van der Waals surface area contributed by atoms with Crippen molar-refractivity contribution >= 4 is 35.0 Å². The van der Waals surface area contributed by atoms with Gasteiger partial charge in [-0.25, -0.2) is 0 Å². The van der Waals surface area contributed by atoms with Gasteiger partial charge in [0, 0.05) is 17.6 Å². The molecule has 2 amide bonds. The minimum Gasteiger partial charge on any atom is -0.351 e. The van der Waals surface area contributed by atoms with E-state index in [-0.39, 0.29) is 23.7 Å². The summed E-state index contributed by atoms with van der Waals surface area (Å²) in [5, 5.41) is 3.82. The fourth-order valence-electron chi connectivity index (χ4n) is 3.78. The van der Waals surface area contributed by atoms with E-state index in [2.05, 4.69) is 26.1 Å². The Morgan fingerprint density at radius 2 is 1.82 bits per heavy atom. The number of hydrogen-bond donors (Lipinski definition) is 1. The number of nitrogens with zero attached hydrogens (tertiary/aromatic N) is 1. The van der Waals surface area contributed by atoms with Gasteiger partial charge in [-0.3, -0.25) is 9.59 Å². The number of hydrogen-bond acceptors (Lipinski definition) is 2. The van der Waals surface area contributed by atoms with E-state index in [1.165, 1.54) is 6.42 Å². The monoisotopic (exact) mass is 426 g/mol. The van der Waals surface area contributed by atoms with E-state index in [4.69, 9.17) is 23.2 Å². The van der Waals surface area contributed by atoms with Crippen molar-refractivity contribution in [3.8, 4) is 0 Å². The quantitative estimate of drug-likeness (QED) is 0.581. The van der Waals surface area contributed by atoms with Crippen LogP contribution in [0.5, 0.6) is 0 Å². The van der Waals surface area contributed by atoms with E-state index in [9.17, 15) is 9.59 Å². The third-order valence-electron chi connectivity index (χ3n) is 5.57. The van der Waals surface area contributed by atoms with Gasteiger partial charge in [0.25, 0.3) is 0 Å². The molecule has 1 aliphatic rings. The van der Waals surface area contributed by atoms with E-state index in [0.717, 1.165) is 31.2 Å². The fraction of sp³-hybridized carbons (Fsp3) is 0.636. The Morgan fingerprint density at radius 3 is 2.39 bits per heavy atom. The zero-order valence-corrected chi connectivity index (χ0v) is 18.6. The number of rotatable bonds is 8. The molecule has 1 aromatic rings. The van der Waals surface area contributed by atoms with Gasteiger partial charge in [0.15, 0.2) is 0 Å². The summed E-state index contributed by atoms with van der Waals surface area (Å²) in [6.07, 6.45) is 5.24. The Balaban J connectivity index is 2.31. The molecule has 0 bridgehead atoms. The molecule has 4 nitrogen and oxygen atoms in total. The first kappa shape index (κ1) is 23.0. The second kappa shape index (κ2) is 11.1. The van der Waals surface area contributed by atoms with Crippen molar-refractivity contribution in [2.45, 2.75) is 65.0 Å². The maximum Gasteiger partial charge on any atom is 0.247 e. The average Bonchev–Trinajstić information content (AvgIpc) is 2.67. The third kappa shape index (κ3) is 6.38. The van der Waals surface area contributed by atoms with E-state index >= 15 is 0 Å². The van der Waals surface area contributed by atoms with E-state index in [1.54, 1.807) is 17.0 Å². The first-order chi connectivity index (χ1) is 13.3. The molecule has 1 N–H and O–H groups in total. The van der Waals surface area contributed by atoms with Crippen molar-refractivity contribution in [3.05, 3.63) is 34.9 Å². The molecular formula is C22H32Cl2N2O2. The van der Waals surface area contributed by atoms with Crippen molar-refractivity contribution in [2.75, 3.05) is 12.4 Å². The fourth-order valence-corrected chi connectivity index (χ4v) is 4.06. The molecule has 2 rings (SSSR count). The van der Waals surface area contributed by atoms with E-state index in [1.807, 2.05) is 12.1 Å². The van der Waals surface area contributed by atoms with Crippen LogP contribution >= 0.6 is 23.2 Å². The lowest BCUT2D eigenvalue weighted by Crippen LogP contribution is -2.49. The highest BCUT2D eigenvalue weighted by molar-refractivity contribution is 6.30. The molecule has 28 heavy (non-hydrogen) atoms. The van der Waals surface area contributed by atoms with Gasteiger partial charge in [-0.2, -0.15) is 0 Å². The van der Waals surface area contributed by atoms with E-state index < -0.39 is 6.04 Å². The van der Waals surface area contributed by atoms with Gasteiger partial charge in [0.05, 0.1) is 0 Å². The van der Waals surface area contributed by atoms with Crippen LogP contribution in [0, 0.1) is 11.8 Å². The molecule has 1 aliphatic carbocycles. The summed E-state index contributed by atoms with van der Waals surface area (Å²) >= 11 is 11.9. The van der Waals surface area contributed by atoms with Crippen molar-refractivity contribution in [1.29, 1.82) is 0 Å². The molecule has 0 unspecified atom stereocenters. The predicted molar refractivity (Wildman–Crippen MR) is 116 cm³/mol. The van der Waals surface area contributed by atoms with Crippen molar-refractivity contribution in [1.82, 2.24) is 10.2 Å². The normalized spacial score (nSPS) is 20.6. The summed E-state index contributed by atoms with van der Waals surface area (Å²) in [7, 11) is 0. The molecule has 0 aromatic heterocycles. The minimum atomic E-state index is -0.698. The average molecular weight is 427 g/mol. The van der Waals surface area contributed by atoms with Crippen molar-refractivity contribution in [2.24, 2.45) is 11.8 Å². The summed E-state index contributed by atoms with van der Waals surface area (Å²) < 4.78 is 0. The molecule has 1 aromatic carbocycles. The second-order valence-corrected chi connectivity index (χ2v) is 8.94. The summed E-state index contributed by atoms with van der Waals surface area (Å²) in [6.45, 7) is 6.88. The number of benzene rings is 1. The Morgan fingerprint density at radius 1 is 1.18 bits per heavy atom. The van der Waals surface area contributed by atoms with E-state index in [0.29, 0.717) is 23.4 Å². The molecule has 6 heteroatoms. The Labute approximate surface area is 179 Å². The SMILES string of the molecule is CC(C)CCN(C(=O)CCl)[C@H](C(=O)N[C@@H]1CCCC[C@@H]1C)c1ccc(Cl)cc1. The predicted octanol–water partition coefficient (Wildman–Crippen LogP) is 5.19. The van der Waals surface area contributed by atoms with Crippen LogP contribution in [0.25, 0.3) is 0 Å². The lowest BCUT2D eigenvalue weighted by Gasteiger charge is -2.35. The van der Waals surface area contributed by atoms with Crippen LogP contribution < -0.4 is 5.32 Å². The first-order valence-corrected chi connectivity index (χ1v) is 11.2.